The lowest BCUT2D eigenvalue weighted by Gasteiger charge is -2.36. The van der Waals surface area contributed by atoms with Crippen molar-refractivity contribution in [3.8, 4) is 0 Å². The van der Waals surface area contributed by atoms with Gasteiger partial charge in [0, 0.05) is 7.11 Å². The molecule has 17 heavy (non-hydrogen) atoms. The molecule has 0 spiro atoms. The molecular formula is C12H14N2O3. The standard InChI is InChI=1S/C12H14N2O3/c1-17-10-8-14(12(10)16)13-11(15)7-9-5-3-2-4-6-9/h2-6,10H,7-8H2,1H3,(H,13,15)/t10-/m1/s1. The molecule has 1 saturated heterocycles. The minimum absolute atomic E-state index is 0.195. The smallest absolute Gasteiger partial charge is 0.272 e. The van der Waals surface area contributed by atoms with Crippen LogP contribution in [0.1, 0.15) is 5.56 Å². The van der Waals surface area contributed by atoms with Crippen LogP contribution in [0.3, 0.4) is 0 Å². The van der Waals surface area contributed by atoms with Crippen LogP contribution in [0, 0.1) is 0 Å². The molecule has 5 nitrogen and oxygen atoms in total. The Morgan fingerprint density at radius 2 is 2.18 bits per heavy atom. The molecule has 0 radical (unpaired) electrons. The summed E-state index contributed by atoms with van der Waals surface area (Å²) in [6, 6.07) is 9.38. The summed E-state index contributed by atoms with van der Waals surface area (Å²) >= 11 is 0. The molecule has 0 bridgehead atoms. The van der Waals surface area contributed by atoms with Gasteiger partial charge in [-0.05, 0) is 5.56 Å². The minimum atomic E-state index is -0.410. The van der Waals surface area contributed by atoms with E-state index in [0.717, 1.165) is 5.56 Å². The maximum absolute atomic E-state index is 11.6. The third kappa shape index (κ3) is 2.62. The summed E-state index contributed by atoms with van der Waals surface area (Å²) in [7, 11) is 1.48. The van der Waals surface area contributed by atoms with Crippen molar-refractivity contribution in [2.45, 2.75) is 12.5 Å². The van der Waals surface area contributed by atoms with Crippen LogP contribution >= 0.6 is 0 Å². The monoisotopic (exact) mass is 234 g/mol. The third-order valence-electron chi connectivity index (χ3n) is 2.64. The summed E-state index contributed by atoms with van der Waals surface area (Å²) in [4.78, 5) is 23.0. The fourth-order valence-corrected chi connectivity index (χ4v) is 1.64. The molecule has 2 amide bonds. The predicted molar refractivity (Wildman–Crippen MR) is 60.8 cm³/mol. The van der Waals surface area contributed by atoms with Crippen molar-refractivity contribution in [2.24, 2.45) is 0 Å². The second-order valence-electron chi connectivity index (χ2n) is 3.87. The van der Waals surface area contributed by atoms with Crippen LogP contribution < -0.4 is 5.43 Å². The van der Waals surface area contributed by atoms with Crippen LogP contribution in [-0.4, -0.2) is 36.6 Å². The van der Waals surface area contributed by atoms with Crippen molar-refractivity contribution in [3.05, 3.63) is 35.9 Å². The first-order valence-electron chi connectivity index (χ1n) is 5.38. The molecule has 90 valence electrons. The van der Waals surface area contributed by atoms with Gasteiger partial charge in [0.2, 0.25) is 5.91 Å². The number of nitrogens with one attached hydrogen (secondary N) is 1. The summed E-state index contributed by atoms with van der Waals surface area (Å²) in [6.07, 6.45) is -0.144. The summed E-state index contributed by atoms with van der Waals surface area (Å²) in [5.74, 6) is -0.395. The molecule has 1 heterocycles. The lowest BCUT2D eigenvalue weighted by Crippen LogP contribution is -2.64. The Bertz CT molecular complexity index is 419. The molecule has 5 heteroatoms. The van der Waals surface area contributed by atoms with Gasteiger partial charge in [-0.15, -0.1) is 0 Å². The summed E-state index contributed by atoms with van der Waals surface area (Å²) in [5.41, 5.74) is 3.46. The van der Waals surface area contributed by atoms with E-state index in [1.165, 1.54) is 12.1 Å². The van der Waals surface area contributed by atoms with Crippen molar-refractivity contribution in [1.29, 1.82) is 0 Å². The molecular weight excluding hydrogens is 220 g/mol. The molecule has 0 saturated carbocycles. The van der Waals surface area contributed by atoms with Crippen LogP contribution in [0.2, 0.25) is 0 Å². The first kappa shape index (κ1) is 11.6. The van der Waals surface area contributed by atoms with E-state index in [4.69, 9.17) is 4.74 Å². The van der Waals surface area contributed by atoms with Gasteiger partial charge in [0.05, 0.1) is 13.0 Å². The van der Waals surface area contributed by atoms with Gasteiger partial charge in [0.15, 0.2) is 6.10 Å². The maximum Gasteiger partial charge on any atom is 0.272 e. The van der Waals surface area contributed by atoms with E-state index in [-0.39, 0.29) is 18.2 Å². The first-order valence-corrected chi connectivity index (χ1v) is 5.38. The number of ether oxygens (including phenoxy) is 1. The van der Waals surface area contributed by atoms with Gasteiger partial charge >= 0.3 is 0 Å². The number of benzene rings is 1. The molecule has 2 rings (SSSR count). The number of nitrogens with zero attached hydrogens (tertiary/aromatic N) is 1. The zero-order valence-electron chi connectivity index (χ0n) is 9.55. The van der Waals surface area contributed by atoms with Crippen LogP contribution in [0.4, 0.5) is 0 Å². The molecule has 1 fully saturated rings. The second kappa shape index (κ2) is 4.97. The maximum atomic E-state index is 11.6. The highest BCUT2D eigenvalue weighted by molar-refractivity contribution is 5.90. The number of carbonyl (C=O) groups is 2. The van der Waals surface area contributed by atoms with Gasteiger partial charge in [-0.3, -0.25) is 15.0 Å². The normalized spacial score (nSPS) is 18.8. The van der Waals surface area contributed by atoms with Crippen LogP contribution in [0.25, 0.3) is 0 Å². The lowest BCUT2D eigenvalue weighted by molar-refractivity contribution is -0.167. The quantitative estimate of drug-likeness (QED) is 0.753. The van der Waals surface area contributed by atoms with E-state index >= 15 is 0 Å². The van der Waals surface area contributed by atoms with Crippen molar-refractivity contribution >= 4 is 11.8 Å². The Labute approximate surface area is 99.3 Å². The number of hydrazine groups is 1. The van der Waals surface area contributed by atoms with E-state index < -0.39 is 6.10 Å². The van der Waals surface area contributed by atoms with Crippen LogP contribution in [0.5, 0.6) is 0 Å². The average Bonchev–Trinajstić information content (AvgIpc) is 2.34. The van der Waals surface area contributed by atoms with Crippen molar-refractivity contribution < 1.29 is 14.3 Å². The van der Waals surface area contributed by atoms with Crippen LogP contribution in [0.15, 0.2) is 30.3 Å². The zero-order valence-corrected chi connectivity index (χ0v) is 9.55. The van der Waals surface area contributed by atoms with Gasteiger partial charge in [0.1, 0.15) is 0 Å². The molecule has 1 atom stereocenters. The van der Waals surface area contributed by atoms with E-state index in [2.05, 4.69) is 5.43 Å². The fourth-order valence-electron chi connectivity index (χ4n) is 1.64. The number of methoxy groups -OCH3 is 1. The van der Waals surface area contributed by atoms with Gasteiger partial charge in [-0.25, -0.2) is 5.01 Å². The Morgan fingerprint density at radius 1 is 1.47 bits per heavy atom. The minimum Gasteiger partial charge on any atom is -0.370 e. The van der Waals surface area contributed by atoms with Gasteiger partial charge in [-0.1, -0.05) is 30.3 Å². The number of hydrogen-bond donors (Lipinski definition) is 1. The topological polar surface area (TPSA) is 58.6 Å². The highest BCUT2D eigenvalue weighted by Crippen LogP contribution is 2.10. The second-order valence-corrected chi connectivity index (χ2v) is 3.87. The number of amides is 2. The summed E-state index contributed by atoms with van der Waals surface area (Å²) in [5, 5.41) is 1.28. The number of rotatable bonds is 4. The predicted octanol–water partition coefficient (Wildman–Crippen LogP) is 0.117. The van der Waals surface area contributed by atoms with Crippen molar-refractivity contribution in [3.63, 3.8) is 0 Å². The SMILES string of the molecule is CO[C@@H]1CN(NC(=O)Cc2ccccc2)C1=O. The molecule has 0 unspecified atom stereocenters. The lowest BCUT2D eigenvalue weighted by atomic mass is 10.1. The van der Waals surface area contributed by atoms with E-state index in [0.29, 0.717) is 6.54 Å². The Balaban J connectivity index is 1.81. The molecule has 0 aromatic heterocycles. The molecule has 1 aliphatic rings. The van der Waals surface area contributed by atoms with E-state index in [1.54, 1.807) is 0 Å². The summed E-state index contributed by atoms with van der Waals surface area (Å²) in [6.45, 7) is 0.413. The average molecular weight is 234 g/mol. The van der Waals surface area contributed by atoms with Gasteiger partial charge in [-0.2, -0.15) is 0 Å². The highest BCUT2D eigenvalue weighted by Gasteiger charge is 2.37. The third-order valence-corrected chi connectivity index (χ3v) is 2.64. The number of carbonyl (C=O) groups excluding carboxylic acids is 2. The number of hydrogen-bond acceptors (Lipinski definition) is 3. The van der Waals surface area contributed by atoms with Crippen molar-refractivity contribution in [1.82, 2.24) is 10.4 Å². The summed E-state index contributed by atoms with van der Waals surface area (Å²) < 4.78 is 4.89. The van der Waals surface area contributed by atoms with Crippen molar-refractivity contribution in [2.75, 3.05) is 13.7 Å². The van der Waals surface area contributed by atoms with E-state index in [1.807, 2.05) is 30.3 Å². The molecule has 1 aromatic carbocycles. The first-order chi connectivity index (χ1) is 8.20. The Kier molecular flexibility index (Phi) is 3.39. The zero-order chi connectivity index (χ0) is 12.3. The largest absolute Gasteiger partial charge is 0.370 e. The van der Waals surface area contributed by atoms with Gasteiger partial charge < -0.3 is 4.74 Å². The Morgan fingerprint density at radius 3 is 2.76 bits per heavy atom. The fraction of sp³-hybridized carbons (Fsp3) is 0.333. The van der Waals surface area contributed by atoms with Crippen LogP contribution in [-0.2, 0) is 20.7 Å². The number of β-lactam (4-membered cyclic amide) rings is 1. The molecule has 1 N–H and O–H groups in total. The van der Waals surface area contributed by atoms with E-state index in [9.17, 15) is 9.59 Å². The Hall–Kier alpha value is -1.88. The molecule has 1 aliphatic heterocycles. The molecule has 1 aromatic rings. The molecule has 0 aliphatic carbocycles. The van der Waals surface area contributed by atoms with Gasteiger partial charge in [0.25, 0.3) is 5.91 Å². The highest BCUT2D eigenvalue weighted by atomic mass is 16.5.